The first kappa shape index (κ1) is 57.5. The summed E-state index contributed by atoms with van der Waals surface area (Å²) in [5.41, 5.74) is 0. The summed E-state index contributed by atoms with van der Waals surface area (Å²) in [5.74, 6) is -0.342. The molecule has 0 aliphatic heterocycles. The number of carbonyl (C=O) groups is 1. The monoisotopic (exact) mass is 853 g/mol. The van der Waals surface area contributed by atoms with Crippen LogP contribution in [0.3, 0.4) is 0 Å². The summed E-state index contributed by atoms with van der Waals surface area (Å²) in [5, 5.41) is 0. The molecule has 0 heterocycles. The lowest BCUT2D eigenvalue weighted by molar-refractivity contribution is -0.870. The molecular weight excluding hydrogens is 758 g/mol. The van der Waals surface area contributed by atoms with Crippen molar-refractivity contribution in [2.75, 3.05) is 54.1 Å². The number of likely N-dealkylation sites (N-methyl/N-ethyl adjacent to an activating group) is 1. The lowest BCUT2D eigenvalue weighted by Gasteiger charge is -2.24. The van der Waals surface area contributed by atoms with E-state index in [0.29, 0.717) is 24.1 Å². The number of ether oxygens (including phenoxy) is 2. The SMILES string of the molecule is CC/C=C\C/C=C\C/C=C\CCCCCC(=O)OC(COCCCCCCCCCCCCCC/C=C\CCCCCCCCCC)COP(=O)(O)OCC[N+](C)(C)C. The minimum atomic E-state index is -4.28. The predicted molar refractivity (Wildman–Crippen MR) is 252 cm³/mol. The highest BCUT2D eigenvalue weighted by Crippen LogP contribution is 2.43. The number of rotatable bonds is 45. The van der Waals surface area contributed by atoms with Crippen molar-refractivity contribution < 1.29 is 37.3 Å². The van der Waals surface area contributed by atoms with E-state index in [9.17, 15) is 14.3 Å². The molecule has 0 aromatic heterocycles. The predicted octanol–water partition coefficient (Wildman–Crippen LogP) is 14.7. The van der Waals surface area contributed by atoms with E-state index in [1.807, 2.05) is 21.1 Å². The van der Waals surface area contributed by atoms with Crippen LogP contribution >= 0.6 is 7.82 Å². The standard InChI is InChI=1S/C50H94NO7P/c1-6-8-10-12-14-16-18-20-21-22-23-24-25-26-27-28-29-30-32-34-36-38-40-42-45-55-47-49(48-57-59(53,54)56-46-44-51(3,4)5)58-50(52)43-41-39-37-35-33-31-19-17-15-13-11-9-7-2/h9,11,15,17,22-23,31,33,49H,6-8,10,12-14,16,18-21,24-30,32,34-48H2,1-5H3/p+1/b11-9-,17-15-,23-22-,33-31-. The fourth-order valence-corrected chi connectivity index (χ4v) is 7.36. The second-order valence-corrected chi connectivity index (χ2v) is 18.9. The maximum absolute atomic E-state index is 12.7. The molecule has 0 aliphatic rings. The molecule has 0 aromatic carbocycles. The fourth-order valence-electron chi connectivity index (χ4n) is 6.62. The van der Waals surface area contributed by atoms with Crippen LogP contribution in [0, 0.1) is 0 Å². The molecule has 0 aromatic rings. The first-order valence-electron chi connectivity index (χ1n) is 24.4. The van der Waals surface area contributed by atoms with Crippen LogP contribution in [0.4, 0.5) is 0 Å². The summed E-state index contributed by atoms with van der Waals surface area (Å²) in [6.07, 6.45) is 53.1. The quantitative estimate of drug-likeness (QED) is 0.0214. The molecule has 0 saturated carbocycles. The molecule has 0 radical (unpaired) electrons. The second kappa shape index (κ2) is 43.1. The van der Waals surface area contributed by atoms with Gasteiger partial charge >= 0.3 is 13.8 Å². The minimum Gasteiger partial charge on any atom is -0.457 e. The zero-order chi connectivity index (χ0) is 43.4. The molecule has 59 heavy (non-hydrogen) atoms. The molecule has 0 bridgehead atoms. The zero-order valence-corrected chi connectivity index (χ0v) is 40.1. The van der Waals surface area contributed by atoms with E-state index in [1.54, 1.807) is 0 Å². The van der Waals surface area contributed by atoms with Crippen LogP contribution in [0.1, 0.15) is 206 Å². The number of allylic oxidation sites excluding steroid dienone is 8. The van der Waals surface area contributed by atoms with Crippen molar-refractivity contribution in [2.24, 2.45) is 0 Å². The molecule has 1 N–H and O–H groups in total. The second-order valence-electron chi connectivity index (χ2n) is 17.5. The van der Waals surface area contributed by atoms with Crippen LogP contribution in [-0.4, -0.2) is 75.6 Å². The Balaban J connectivity index is 4.10. The van der Waals surface area contributed by atoms with E-state index >= 15 is 0 Å². The lowest BCUT2D eigenvalue weighted by Crippen LogP contribution is -2.37. The van der Waals surface area contributed by atoms with Crippen molar-refractivity contribution in [2.45, 2.75) is 213 Å². The fraction of sp³-hybridized carbons (Fsp3) is 0.820. The number of hydrogen-bond donors (Lipinski definition) is 1. The summed E-state index contributed by atoms with van der Waals surface area (Å²) >= 11 is 0. The van der Waals surface area contributed by atoms with Gasteiger partial charge in [-0.3, -0.25) is 13.8 Å². The van der Waals surface area contributed by atoms with Crippen molar-refractivity contribution in [1.82, 2.24) is 0 Å². The maximum atomic E-state index is 12.7. The first-order valence-corrected chi connectivity index (χ1v) is 25.9. The maximum Gasteiger partial charge on any atom is 0.472 e. The van der Waals surface area contributed by atoms with Gasteiger partial charge in [-0.25, -0.2) is 4.57 Å². The average Bonchev–Trinajstić information content (AvgIpc) is 3.19. The largest absolute Gasteiger partial charge is 0.472 e. The van der Waals surface area contributed by atoms with Gasteiger partial charge in [-0.1, -0.05) is 178 Å². The Bertz CT molecular complexity index is 1080. The highest BCUT2D eigenvalue weighted by atomic mass is 31.2. The van der Waals surface area contributed by atoms with E-state index in [-0.39, 0.29) is 25.8 Å². The summed E-state index contributed by atoms with van der Waals surface area (Å²) < 4.78 is 35.0. The summed E-state index contributed by atoms with van der Waals surface area (Å²) in [4.78, 5) is 22.9. The van der Waals surface area contributed by atoms with E-state index in [0.717, 1.165) is 57.8 Å². The molecule has 0 aliphatic carbocycles. The van der Waals surface area contributed by atoms with Gasteiger partial charge in [0, 0.05) is 13.0 Å². The number of nitrogens with zero attached hydrogens (tertiary/aromatic N) is 1. The average molecular weight is 853 g/mol. The van der Waals surface area contributed by atoms with Gasteiger partial charge in [-0.2, -0.15) is 0 Å². The number of unbranched alkanes of at least 4 members (excludes halogenated alkanes) is 23. The molecule has 8 nitrogen and oxygen atoms in total. The van der Waals surface area contributed by atoms with Crippen LogP contribution in [0.2, 0.25) is 0 Å². The van der Waals surface area contributed by atoms with Crippen LogP contribution in [0.5, 0.6) is 0 Å². The molecule has 0 amide bonds. The normalized spacial score (nSPS) is 14.1. The lowest BCUT2D eigenvalue weighted by atomic mass is 10.0. The van der Waals surface area contributed by atoms with Crippen molar-refractivity contribution in [1.29, 1.82) is 0 Å². The zero-order valence-electron chi connectivity index (χ0n) is 39.2. The Morgan fingerprint density at radius 1 is 0.542 bits per heavy atom. The van der Waals surface area contributed by atoms with Gasteiger partial charge in [-0.15, -0.1) is 0 Å². The number of phosphoric acid groups is 1. The molecule has 0 fully saturated rings. The van der Waals surface area contributed by atoms with Crippen molar-refractivity contribution in [3.05, 3.63) is 48.6 Å². The Morgan fingerprint density at radius 2 is 0.983 bits per heavy atom. The number of carbonyl (C=O) groups excluding carboxylic acids is 1. The van der Waals surface area contributed by atoms with E-state index in [4.69, 9.17) is 18.5 Å². The summed E-state index contributed by atoms with van der Waals surface area (Å²) in [6, 6.07) is 0. The Kier molecular flexibility index (Phi) is 42.0. The van der Waals surface area contributed by atoms with E-state index in [2.05, 4.69) is 62.5 Å². The molecule has 2 atom stereocenters. The summed E-state index contributed by atoms with van der Waals surface area (Å²) in [6.45, 7) is 5.48. The van der Waals surface area contributed by atoms with Crippen molar-refractivity contribution in [3.8, 4) is 0 Å². The molecule has 2 unspecified atom stereocenters. The van der Waals surface area contributed by atoms with Gasteiger partial charge in [0.15, 0.2) is 0 Å². The Morgan fingerprint density at radius 3 is 1.49 bits per heavy atom. The van der Waals surface area contributed by atoms with E-state index < -0.39 is 13.9 Å². The van der Waals surface area contributed by atoms with Gasteiger partial charge < -0.3 is 18.9 Å². The number of hydrogen-bond acceptors (Lipinski definition) is 6. The molecule has 0 rings (SSSR count). The molecule has 0 spiro atoms. The van der Waals surface area contributed by atoms with Crippen LogP contribution in [-0.2, 0) is 27.9 Å². The van der Waals surface area contributed by atoms with Crippen LogP contribution < -0.4 is 0 Å². The first-order chi connectivity index (χ1) is 28.6. The summed E-state index contributed by atoms with van der Waals surface area (Å²) in [7, 11) is 1.65. The van der Waals surface area contributed by atoms with Crippen LogP contribution in [0.15, 0.2) is 48.6 Å². The van der Waals surface area contributed by atoms with Gasteiger partial charge in [-0.05, 0) is 70.6 Å². The van der Waals surface area contributed by atoms with Gasteiger partial charge in [0.1, 0.15) is 19.3 Å². The minimum absolute atomic E-state index is 0.0818. The van der Waals surface area contributed by atoms with Crippen molar-refractivity contribution >= 4 is 13.8 Å². The smallest absolute Gasteiger partial charge is 0.457 e. The van der Waals surface area contributed by atoms with Gasteiger partial charge in [0.05, 0.1) is 34.4 Å². The van der Waals surface area contributed by atoms with Crippen LogP contribution in [0.25, 0.3) is 0 Å². The molecule has 0 saturated heterocycles. The molecule has 9 heteroatoms. The van der Waals surface area contributed by atoms with E-state index in [1.165, 1.54) is 128 Å². The van der Waals surface area contributed by atoms with Gasteiger partial charge in [0.2, 0.25) is 0 Å². The third-order valence-electron chi connectivity index (χ3n) is 10.4. The highest BCUT2D eigenvalue weighted by Gasteiger charge is 2.26. The Hall–Kier alpha value is -1.54. The van der Waals surface area contributed by atoms with Gasteiger partial charge in [0.25, 0.3) is 0 Å². The Labute approximate surface area is 365 Å². The number of esters is 1. The number of quaternary nitrogens is 1. The number of phosphoric ester groups is 1. The molecule has 346 valence electrons. The van der Waals surface area contributed by atoms with Crippen molar-refractivity contribution in [3.63, 3.8) is 0 Å². The molecular formula is C50H95NO7P+. The highest BCUT2D eigenvalue weighted by molar-refractivity contribution is 7.47. The topological polar surface area (TPSA) is 91.3 Å². The third-order valence-corrected chi connectivity index (χ3v) is 11.4. The third kappa shape index (κ3) is 47.4.